The molecule has 5 aromatic rings. The number of aryl methyl sites for hydroxylation is 1. The lowest BCUT2D eigenvalue weighted by atomic mass is 10.0. The summed E-state index contributed by atoms with van der Waals surface area (Å²) < 4.78 is 71.6. The summed E-state index contributed by atoms with van der Waals surface area (Å²) >= 11 is 1.12. The molecule has 0 aliphatic heterocycles. The fraction of sp³-hybridized carbons (Fsp3) is 0.242. The van der Waals surface area contributed by atoms with Gasteiger partial charge in [-0.3, -0.25) is 0 Å². The van der Waals surface area contributed by atoms with Crippen LogP contribution in [0.3, 0.4) is 0 Å². The number of hydrogen-bond acceptors (Lipinski definition) is 7. The van der Waals surface area contributed by atoms with Crippen molar-refractivity contribution in [2.24, 2.45) is 0 Å². The van der Waals surface area contributed by atoms with Gasteiger partial charge < -0.3 is 19.3 Å². The Balaban J connectivity index is 1.52. The van der Waals surface area contributed by atoms with Crippen LogP contribution in [0.1, 0.15) is 28.7 Å². The summed E-state index contributed by atoms with van der Waals surface area (Å²) in [5.41, 5.74) is 1.24. The van der Waals surface area contributed by atoms with Crippen molar-refractivity contribution in [2.45, 2.75) is 20.0 Å². The molecule has 8 nitrogen and oxygen atoms in total. The van der Waals surface area contributed by atoms with Gasteiger partial charge >= 0.3 is 12.1 Å². The summed E-state index contributed by atoms with van der Waals surface area (Å²) in [6.07, 6.45) is -4.52. The van der Waals surface area contributed by atoms with Crippen molar-refractivity contribution in [3.63, 3.8) is 0 Å². The number of carboxylic acid groups (broad SMARTS) is 1. The number of carbonyl (C=O) groups is 1. The van der Waals surface area contributed by atoms with Gasteiger partial charge in [0.2, 0.25) is 5.13 Å². The number of rotatable bonds is 13. The van der Waals surface area contributed by atoms with Gasteiger partial charge in [-0.25, -0.2) is 14.2 Å². The maximum Gasteiger partial charge on any atom is 0.416 e. The number of halogens is 4. The molecule has 0 spiro atoms. The van der Waals surface area contributed by atoms with Crippen LogP contribution in [0.4, 0.5) is 17.6 Å². The number of alkyl halides is 3. The van der Waals surface area contributed by atoms with Crippen molar-refractivity contribution in [3.8, 4) is 43.7 Å². The van der Waals surface area contributed by atoms with Gasteiger partial charge in [-0.05, 0) is 73.5 Å². The Morgan fingerprint density at radius 3 is 2.24 bits per heavy atom. The van der Waals surface area contributed by atoms with Crippen LogP contribution in [0.5, 0.6) is 5.75 Å². The van der Waals surface area contributed by atoms with Crippen molar-refractivity contribution in [1.29, 1.82) is 0 Å². The lowest BCUT2D eigenvalue weighted by Crippen LogP contribution is -2.10. The first-order chi connectivity index (χ1) is 22.1. The Morgan fingerprint density at radius 1 is 0.913 bits per heavy atom. The Kier molecular flexibility index (Phi) is 10.1. The van der Waals surface area contributed by atoms with Crippen LogP contribution in [-0.4, -0.2) is 58.9 Å². The lowest BCUT2D eigenvalue weighted by molar-refractivity contribution is -0.137. The standard InChI is InChI=1S/C33H29F4N3O5S/c1-3-43-15-16-44-17-18-45-26-13-9-22(10-14-26)30-28(21-7-11-24(12-8-21)33(35,36)37)38-32(46-30)40-29(31(41)42)27(20(2)39-40)23-5-4-6-25(34)19-23/h4-14,19H,3,15-18H2,1-2H3,(H,41,42). The molecule has 0 saturated heterocycles. The Labute approximate surface area is 265 Å². The zero-order valence-corrected chi connectivity index (χ0v) is 25.6. The van der Waals surface area contributed by atoms with Crippen molar-refractivity contribution < 1.29 is 41.7 Å². The van der Waals surface area contributed by atoms with Crippen LogP contribution in [0.2, 0.25) is 0 Å². The molecule has 0 saturated carbocycles. The van der Waals surface area contributed by atoms with Crippen LogP contribution >= 0.6 is 11.3 Å². The average molecular weight is 656 g/mol. The third kappa shape index (κ3) is 7.44. The maximum atomic E-state index is 14.1. The zero-order chi connectivity index (χ0) is 32.8. The largest absolute Gasteiger partial charge is 0.491 e. The summed E-state index contributed by atoms with van der Waals surface area (Å²) in [6.45, 7) is 5.78. The number of nitrogens with zero attached hydrogens (tertiary/aromatic N) is 3. The summed E-state index contributed by atoms with van der Waals surface area (Å²) in [5.74, 6) is -1.27. The molecule has 13 heteroatoms. The van der Waals surface area contributed by atoms with E-state index in [1.807, 2.05) is 6.92 Å². The fourth-order valence-electron chi connectivity index (χ4n) is 4.75. The summed E-state index contributed by atoms with van der Waals surface area (Å²) in [6, 6.07) is 17.1. The van der Waals surface area contributed by atoms with Crippen LogP contribution in [0, 0.1) is 12.7 Å². The van der Waals surface area contributed by atoms with Gasteiger partial charge in [0.25, 0.3) is 0 Å². The van der Waals surface area contributed by atoms with Gasteiger partial charge in [0.05, 0.1) is 41.6 Å². The van der Waals surface area contributed by atoms with E-state index in [1.165, 1.54) is 35.0 Å². The molecule has 1 N–H and O–H groups in total. The molecular weight excluding hydrogens is 626 g/mol. The van der Waals surface area contributed by atoms with Gasteiger partial charge in [-0.15, -0.1) is 0 Å². The second-order valence-corrected chi connectivity index (χ2v) is 10.9. The number of ether oxygens (including phenoxy) is 3. The van der Waals surface area contributed by atoms with Crippen LogP contribution in [-0.2, 0) is 15.7 Å². The molecular formula is C33H29F4N3O5S. The molecule has 0 aliphatic carbocycles. The smallest absolute Gasteiger partial charge is 0.416 e. The van der Waals surface area contributed by atoms with E-state index in [0.29, 0.717) is 71.7 Å². The zero-order valence-electron chi connectivity index (χ0n) is 24.8. The van der Waals surface area contributed by atoms with Crippen molar-refractivity contribution in [3.05, 3.63) is 95.6 Å². The molecule has 2 aromatic heterocycles. The third-order valence-electron chi connectivity index (χ3n) is 6.85. The maximum absolute atomic E-state index is 14.1. The predicted octanol–water partition coefficient (Wildman–Crippen LogP) is 7.93. The summed E-state index contributed by atoms with van der Waals surface area (Å²) in [7, 11) is 0. The average Bonchev–Trinajstić information content (AvgIpc) is 3.62. The second kappa shape index (κ2) is 14.2. The van der Waals surface area contributed by atoms with Gasteiger partial charge in [-0.2, -0.15) is 23.0 Å². The SMILES string of the molecule is CCOCCOCCOc1ccc(-c2sc(-n3nc(C)c(-c4cccc(F)c4)c3C(=O)O)nc2-c2ccc(C(F)(F)F)cc2)cc1. The Bertz CT molecular complexity index is 1800. The Morgan fingerprint density at radius 2 is 1.59 bits per heavy atom. The molecule has 2 heterocycles. The molecule has 240 valence electrons. The molecule has 0 aliphatic rings. The molecule has 46 heavy (non-hydrogen) atoms. The minimum Gasteiger partial charge on any atom is -0.491 e. The third-order valence-corrected chi connectivity index (χ3v) is 7.93. The minimum absolute atomic E-state index is 0.164. The highest BCUT2D eigenvalue weighted by Crippen LogP contribution is 2.41. The summed E-state index contributed by atoms with van der Waals surface area (Å²) in [4.78, 5) is 17.8. The van der Waals surface area contributed by atoms with E-state index >= 15 is 0 Å². The van der Waals surface area contributed by atoms with E-state index in [0.717, 1.165) is 23.5 Å². The number of thiazole rings is 1. The van der Waals surface area contributed by atoms with Crippen LogP contribution in [0.25, 0.3) is 38.0 Å². The Hall–Kier alpha value is -4.59. The second-order valence-electron chi connectivity index (χ2n) is 9.97. The van der Waals surface area contributed by atoms with Crippen LogP contribution in [0.15, 0.2) is 72.8 Å². The highest BCUT2D eigenvalue weighted by molar-refractivity contribution is 7.18. The van der Waals surface area contributed by atoms with Gasteiger partial charge in [0.15, 0.2) is 5.69 Å². The van der Waals surface area contributed by atoms with E-state index in [-0.39, 0.29) is 16.4 Å². The van der Waals surface area contributed by atoms with Gasteiger partial charge in [-0.1, -0.05) is 35.6 Å². The molecule has 0 amide bonds. The number of aromatic nitrogens is 3. The quantitative estimate of drug-likeness (QED) is 0.102. The van der Waals surface area contributed by atoms with E-state index in [1.54, 1.807) is 37.3 Å². The number of carboxylic acids is 1. The number of hydrogen-bond donors (Lipinski definition) is 1. The number of aromatic carboxylic acids is 1. The normalized spacial score (nSPS) is 11.6. The van der Waals surface area contributed by atoms with Crippen molar-refractivity contribution in [2.75, 3.05) is 33.0 Å². The lowest BCUT2D eigenvalue weighted by Gasteiger charge is -2.09. The van der Waals surface area contributed by atoms with Gasteiger partial charge in [0.1, 0.15) is 18.2 Å². The van der Waals surface area contributed by atoms with E-state index < -0.39 is 23.5 Å². The highest BCUT2D eigenvalue weighted by Gasteiger charge is 2.31. The number of benzene rings is 3. The van der Waals surface area contributed by atoms with E-state index in [9.17, 15) is 27.5 Å². The molecule has 3 aromatic carbocycles. The topological polar surface area (TPSA) is 95.7 Å². The van der Waals surface area contributed by atoms with Crippen molar-refractivity contribution >= 4 is 17.3 Å². The first-order valence-corrected chi connectivity index (χ1v) is 15.0. The first-order valence-electron chi connectivity index (χ1n) is 14.2. The molecule has 5 rings (SSSR count). The monoisotopic (exact) mass is 655 g/mol. The molecule has 0 fully saturated rings. The van der Waals surface area contributed by atoms with Gasteiger partial charge in [0, 0.05) is 17.7 Å². The molecule has 0 atom stereocenters. The molecule has 0 bridgehead atoms. The first kappa shape index (κ1) is 32.8. The molecule has 0 unspecified atom stereocenters. The van der Waals surface area contributed by atoms with Crippen molar-refractivity contribution in [1.82, 2.24) is 14.8 Å². The van der Waals surface area contributed by atoms with E-state index in [4.69, 9.17) is 14.2 Å². The highest BCUT2D eigenvalue weighted by atomic mass is 32.1. The minimum atomic E-state index is -4.52. The van der Waals surface area contributed by atoms with Crippen LogP contribution < -0.4 is 4.74 Å². The van der Waals surface area contributed by atoms with E-state index in [2.05, 4.69) is 10.1 Å². The molecule has 0 radical (unpaired) electrons. The summed E-state index contributed by atoms with van der Waals surface area (Å²) in [5, 5.41) is 14.8. The predicted molar refractivity (Wildman–Crippen MR) is 165 cm³/mol. The fourth-order valence-corrected chi connectivity index (χ4v) is 5.80.